The number of ether oxygens (including phenoxy) is 1. The molecule has 1 aliphatic carbocycles. The van der Waals surface area contributed by atoms with E-state index in [2.05, 4.69) is 18.2 Å². The second kappa shape index (κ2) is 4.77. The lowest BCUT2D eigenvalue weighted by atomic mass is 10.0. The molecule has 0 aromatic heterocycles. The number of benzene rings is 1. The van der Waals surface area contributed by atoms with E-state index in [0.29, 0.717) is 13.0 Å². The van der Waals surface area contributed by atoms with Gasteiger partial charge in [0.2, 0.25) is 0 Å². The van der Waals surface area contributed by atoms with E-state index in [1.165, 1.54) is 36.0 Å². The molecule has 15 heavy (non-hydrogen) atoms. The summed E-state index contributed by atoms with van der Waals surface area (Å²) >= 11 is 0. The topological polar surface area (TPSA) is 29.5 Å². The van der Waals surface area contributed by atoms with Crippen LogP contribution in [0.3, 0.4) is 0 Å². The number of aryl methyl sites for hydroxylation is 2. The molecule has 1 atom stereocenters. The second-order valence-electron chi connectivity index (χ2n) is 4.27. The zero-order chi connectivity index (χ0) is 10.7. The van der Waals surface area contributed by atoms with Crippen molar-refractivity contribution in [2.45, 2.75) is 31.8 Å². The van der Waals surface area contributed by atoms with E-state index in [9.17, 15) is 5.11 Å². The molecule has 2 nitrogen and oxygen atoms in total. The number of rotatable bonds is 4. The van der Waals surface area contributed by atoms with Crippen LogP contribution in [0.1, 0.15) is 23.1 Å². The fourth-order valence-electron chi connectivity index (χ4n) is 2.28. The maximum atomic E-state index is 9.63. The summed E-state index contributed by atoms with van der Waals surface area (Å²) in [6.45, 7) is 0.414. The molecule has 82 valence electrons. The Bertz CT molecular complexity index is 333. The van der Waals surface area contributed by atoms with Gasteiger partial charge in [0, 0.05) is 13.5 Å². The Morgan fingerprint density at radius 2 is 2.13 bits per heavy atom. The molecule has 0 radical (unpaired) electrons. The fourth-order valence-corrected chi connectivity index (χ4v) is 2.28. The molecule has 0 saturated heterocycles. The summed E-state index contributed by atoms with van der Waals surface area (Å²) in [4.78, 5) is 0. The van der Waals surface area contributed by atoms with Gasteiger partial charge in [0.1, 0.15) is 0 Å². The van der Waals surface area contributed by atoms with Crippen LogP contribution in [0.5, 0.6) is 0 Å². The zero-order valence-corrected chi connectivity index (χ0v) is 9.20. The second-order valence-corrected chi connectivity index (χ2v) is 4.27. The highest BCUT2D eigenvalue weighted by atomic mass is 16.5. The van der Waals surface area contributed by atoms with Crippen LogP contribution in [0, 0.1) is 0 Å². The van der Waals surface area contributed by atoms with E-state index in [4.69, 9.17) is 4.74 Å². The van der Waals surface area contributed by atoms with Gasteiger partial charge in [-0.3, -0.25) is 0 Å². The lowest BCUT2D eigenvalue weighted by Crippen LogP contribution is -2.16. The smallest absolute Gasteiger partial charge is 0.0813 e. The van der Waals surface area contributed by atoms with E-state index in [-0.39, 0.29) is 6.10 Å². The number of hydrogen-bond acceptors (Lipinski definition) is 2. The number of methoxy groups -OCH3 is 1. The molecule has 1 N–H and O–H groups in total. The van der Waals surface area contributed by atoms with Gasteiger partial charge in [-0.15, -0.1) is 0 Å². The minimum atomic E-state index is -0.380. The van der Waals surface area contributed by atoms with E-state index < -0.39 is 0 Å². The Kier molecular flexibility index (Phi) is 3.39. The molecule has 0 heterocycles. The van der Waals surface area contributed by atoms with Crippen LogP contribution in [-0.2, 0) is 24.0 Å². The molecular formula is C13H18O2. The van der Waals surface area contributed by atoms with Gasteiger partial charge in [-0.05, 0) is 36.0 Å². The summed E-state index contributed by atoms with van der Waals surface area (Å²) in [6.07, 6.45) is 4.01. The van der Waals surface area contributed by atoms with Crippen molar-refractivity contribution >= 4 is 0 Å². The number of aliphatic hydroxyl groups excluding tert-OH is 1. The number of aliphatic hydroxyl groups is 1. The largest absolute Gasteiger partial charge is 0.390 e. The van der Waals surface area contributed by atoms with Crippen LogP contribution in [0.4, 0.5) is 0 Å². The molecule has 1 aromatic rings. The molecule has 2 rings (SSSR count). The van der Waals surface area contributed by atoms with Crippen molar-refractivity contribution in [3.8, 4) is 0 Å². The van der Waals surface area contributed by atoms with Crippen molar-refractivity contribution in [3.05, 3.63) is 34.9 Å². The van der Waals surface area contributed by atoms with Crippen molar-refractivity contribution in [1.29, 1.82) is 0 Å². The molecule has 1 aromatic carbocycles. The van der Waals surface area contributed by atoms with Gasteiger partial charge in [-0.2, -0.15) is 0 Å². The van der Waals surface area contributed by atoms with Gasteiger partial charge in [0.25, 0.3) is 0 Å². The Morgan fingerprint density at radius 3 is 2.93 bits per heavy atom. The van der Waals surface area contributed by atoms with E-state index >= 15 is 0 Å². The van der Waals surface area contributed by atoms with Crippen LogP contribution in [0.2, 0.25) is 0 Å². The molecule has 0 saturated carbocycles. The minimum absolute atomic E-state index is 0.380. The third-order valence-corrected chi connectivity index (χ3v) is 2.99. The Balaban J connectivity index is 2.03. The van der Waals surface area contributed by atoms with Crippen molar-refractivity contribution in [1.82, 2.24) is 0 Å². The molecular weight excluding hydrogens is 188 g/mol. The average molecular weight is 206 g/mol. The normalized spacial score (nSPS) is 16.4. The molecule has 0 fully saturated rings. The predicted octanol–water partition coefficient (Wildman–Crippen LogP) is 1.73. The first kappa shape index (κ1) is 10.7. The molecule has 2 heteroatoms. The Morgan fingerprint density at radius 1 is 1.33 bits per heavy atom. The first-order valence-electron chi connectivity index (χ1n) is 5.57. The molecule has 0 amide bonds. The van der Waals surface area contributed by atoms with Crippen LogP contribution in [-0.4, -0.2) is 24.9 Å². The molecule has 1 unspecified atom stereocenters. The lowest BCUT2D eigenvalue weighted by Gasteiger charge is -2.10. The van der Waals surface area contributed by atoms with Gasteiger partial charge in [0.15, 0.2) is 0 Å². The van der Waals surface area contributed by atoms with Crippen LogP contribution >= 0.6 is 0 Å². The minimum Gasteiger partial charge on any atom is -0.390 e. The van der Waals surface area contributed by atoms with Crippen molar-refractivity contribution < 1.29 is 9.84 Å². The van der Waals surface area contributed by atoms with E-state index in [0.717, 1.165) is 0 Å². The van der Waals surface area contributed by atoms with Crippen molar-refractivity contribution in [2.75, 3.05) is 13.7 Å². The van der Waals surface area contributed by atoms with Crippen molar-refractivity contribution in [3.63, 3.8) is 0 Å². The van der Waals surface area contributed by atoms with Crippen LogP contribution < -0.4 is 0 Å². The van der Waals surface area contributed by atoms with E-state index in [1.807, 2.05) is 0 Å². The van der Waals surface area contributed by atoms with Crippen LogP contribution in [0.25, 0.3) is 0 Å². The zero-order valence-electron chi connectivity index (χ0n) is 9.20. The Labute approximate surface area is 90.9 Å². The number of hydrogen-bond donors (Lipinski definition) is 1. The van der Waals surface area contributed by atoms with Gasteiger partial charge in [-0.25, -0.2) is 0 Å². The maximum Gasteiger partial charge on any atom is 0.0813 e. The molecule has 0 spiro atoms. The third kappa shape index (κ3) is 2.58. The van der Waals surface area contributed by atoms with Gasteiger partial charge < -0.3 is 9.84 Å². The standard InChI is InChI=1S/C13H18O2/c1-15-9-13(14)8-10-5-6-11-3-2-4-12(11)7-10/h5-7,13-14H,2-4,8-9H2,1H3. The SMILES string of the molecule is COCC(O)Cc1ccc2c(c1)CCC2. The van der Waals surface area contributed by atoms with Gasteiger partial charge in [0.05, 0.1) is 12.7 Å². The van der Waals surface area contributed by atoms with Crippen LogP contribution in [0.15, 0.2) is 18.2 Å². The van der Waals surface area contributed by atoms with Gasteiger partial charge in [-0.1, -0.05) is 18.2 Å². The third-order valence-electron chi connectivity index (χ3n) is 2.99. The summed E-state index contributed by atoms with van der Waals surface area (Å²) in [7, 11) is 1.62. The summed E-state index contributed by atoms with van der Waals surface area (Å²) in [6, 6.07) is 6.57. The molecule has 1 aliphatic rings. The summed E-state index contributed by atoms with van der Waals surface area (Å²) < 4.78 is 4.92. The number of fused-ring (bicyclic) bond motifs is 1. The predicted molar refractivity (Wildman–Crippen MR) is 60.1 cm³/mol. The quantitative estimate of drug-likeness (QED) is 0.813. The maximum absolute atomic E-state index is 9.63. The van der Waals surface area contributed by atoms with E-state index in [1.54, 1.807) is 7.11 Å². The van der Waals surface area contributed by atoms with Gasteiger partial charge >= 0.3 is 0 Å². The first-order valence-corrected chi connectivity index (χ1v) is 5.57. The summed E-state index contributed by atoms with van der Waals surface area (Å²) in [5, 5.41) is 9.63. The van der Waals surface area contributed by atoms with Crippen molar-refractivity contribution in [2.24, 2.45) is 0 Å². The monoisotopic (exact) mass is 206 g/mol. The summed E-state index contributed by atoms with van der Waals surface area (Å²) in [5.74, 6) is 0. The molecule has 0 bridgehead atoms. The highest BCUT2D eigenvalue weighted by Gasteiger charge is 2.12. The fraction of sp³-hybridized carbons (Fsp3) is 0.538. The lowest BCUT2D eigenvalue weighted by molar-refractivity contribution is 0.0650. The Hall–Kier alpha value is -0.860. The average Bonchev–Trinajstić information content (AvgIpc) is 2.65. The highest BCUT2D eigenvalue weighted by Crippen LogP contribution is 2.23. The summed E-state index contributed by atoms with van der Waals surface area (Å²) in [5.41, 5.74) is 4.18. The highest BCUT2D eigenvalue weighted by molar-refractivity contribution is 5.35. The molecule has 0 aliphatic heterocycles. The first-order chi connectivity index (χ1) is 7.29.